The summed E-state index contributed by atoms with van der Waals surface area (Å²) in [5.41, 5.74) is 4.83. The number of hydrogen-bond donors (Lipinski definition) is 3. The summed E-state index contributed by atoms with van der Waals surface area (Å²) in [6, 6.07) is 0. The fraction of sp³-hybridized carbons (Fsp3) is 0.867. The Morgan fingerprint density at radius 3 is 2.15 bits per heavy atom. The van der Waals surface area contributed by atoms with Gasteiger partial charge in [0.05, 0.1) is 0 Å². The van der Waals surface area contributed by atoms with E-state index in [0.717, 1.165) is 38.5 Å². The maximum atomic E-state index is 12.8. The summed E-state index contributed by atoms with van der Waals surface area (Å²) in [6.45, 7) is 6.17. The number of nitrogens with one attached hydrogen (secondary N) is 1. The minimum atomic E-state index is -0.836. The van der Waals surface area contributed by atoms with Gasteiger partial charge in [0, 0.05) is 5.54 Å². The van der Waals surface area contributed by atoms with Crippen molar-refractivity contribution in [3.8, 4) is 0 Å². The van der Waals surface area contributed by atoms with E-state index in [-0.39, 0.29) is 17.3 Å². The zero-order chi connectivity index (χ0) is 15.2. The number of carbonyl (C=O) groups excluding carboxylic acids is 1. The highest BCUT2D eigenvalue weighted by Gasteiger charge is 2.44. The van der Waals surface area contributed by atoms with Gasteiger partial charge in [-0.1, -0.05) is 44.7 Å². The highest BCUT2D eigenvalue weighted by Crippen LogP contribution is 2.36. The summed E-state index contributed by atoms with van der Waals surface area (Å²) in [5.74, 6) is -0.0210. The van der Waals surface area contributed by atoms with E-state index >= 15 is 0 Å². The Bertz CT molecular complexity index is 354. The molecule has 5 heteroatoms. The molecule has 1 aliphatic carbocycles. The van der Waals surface area contributed by atoms with Crippen molar-refractivity contribution in [1.82, 2.24) is 5.32 Å². The van der Waals surface area contributed by atoms with Crippen molar-refractivity contribution in [3.05, 3.63) is 0 Å². The van der Waals surface area contributed by atoms with Crippen molar-refractivity contribution in [3.63, 3.8) is 0 Å². The predicted molar refractivity (Wildman–Crippen MR) is 80.7 cm³/mol. The van der Waals surface area contributed by atoms with Crippen molar-refractivity contribution in [2.75, 3.05) is 0 Å². The van der Waals surface area contributed by atoms with E-state index in [2.05, 4.69) is 24.3 Å². The Morgan fingerprint density at radius 2 is 1.75 bits per heavy atom. The molecule has 1 rings (SSSR count). The molecule has 20 heavy (non-hydrogen) atoms. The SMILES string of the molecule is CCC(C)(CC)NC(=O)C1(C(N)=NO)CCCCCC1. The third-order valence-corrected chi connectivity index (χ3v) is 4.97. The molecule has 0 atom stereocenters. The maximum Gasteiger partial charge on any atom is 0.234 e. The second-order valence-corrected chi connectivity index (χ2v) is 6.20. The van der Waals surface area contributed by atoms with Gasteiger partial charge in [-0.2, -0.15) is 0 Å². The number of oxime groups is 1. The van der Waals surface area contributed by atoms with Crippen LogP contribution in [0.25, 0.3) is 0 Å². The van der Waals surface area contributed by atoms with Crippen molar-refractivity contribution in [1.29, 1.82) is 0 Å². The van der Waals surface area contributed by atoms with E-state index in [9.17, 15) is 4.79 Å². The van der Waals surface area contributed by atoms with Crippen LogP contribution in [0.1, 0.15) is 72.1 Å². The Balaban J connectivity index is 3.02. The molecule has 0 heterocycles. The van der Waals surface area contributed by atoms with Gasteiger partial charge in [0.25, 0.3) is 0 Å². The van der Waals surface area contributed by atoms with Crippen molar-refractivity contribution < 1.29 is 10.0 Å². The van der Waals surface area contributed by atoms with E-state index in [0.29, 0.717) is 12.8 Å². The number of amidine groups is 1. The van der Waals surface area contributed by atoms with Crippen LogP contribution in [-0.2, 0) is 4.79 Å². The minimum Gasteiger partial charge on any atom is -0.409 e. The van der Waals surface area contributed by atoms with Gasteiger partial charge in [-0.3, -0.25) is 4.79 Å². The average molecular weight is 283 g/mol. The van der Waals surface area contributed by atoms with Gasteiger partial charge < -0.3 is 16.3 Å². The van der Waals surface area contributed by atoms with Gasteiger partial charge in [0.1, 0.15) is 5.41 Å². The molecule has 0 aromatic carbocycles. The van der Waals surface area contributed by atoms with Crippen LogP contribution in [0, 0.1) is 5.41 Å². The fourth-order valence-electron chi connectivity index (χ4n) is 2.85. The predicted octanol–water partition coefficient (Wildman–Crippen LogP) is 2.77. The first-order chi connectivity index (χ1) is 9.44. The molecule has 0 saturated heterocycles. The average Bonchev–Trinajstić information content (AvgIpc) is 2.73. The minimum absolute atomic E-state index is 0.0615. The van der Waals surface area contributed by atoms with E-state index in [4.69, 9.17) is 10.9 Å². The summed E-state index contributed by atoms with van der Waals surface area (Å²) < 4.78 is 0. The van der Waals surface area contributed by atoms with Crippen molar-refractivity contribution in [2.45, 2.75) is 77.7 Å². The number of nitrogens with zero attached hydrogens (tertiary/aromatic N) is 1. The third kappa shape index (κ3) is 3.44. The fourth-order valence-corrected chi connectivity index (χ4v) is 2.85. The molecule has 0 radical (unpaired) electrons. The van der Waals surface area contributed by atoms with Crippen LogP contribution < -0.4 is 11.1 Å². The molecule has 1 amide bonds. The molecule has 5 nitrogen and oxygen atoms in total. The van der Waals surface area contributed by atoms with Crippen LogP contribution in [0.5, 0.6) is 0 Å². The molecule has 1 saturated carbocycles. The zero-order valence-electron chi connectivity index (χ0n) is 13.0. The standard InChI is InChI=1S/C15H29N3O2/c1-4-14(3,5-2)17-13(19)15(12(16)18-20)10-8-6-7-9-11-15/h20H,4-11H2,1-3H3,(H2,16,18)(H,17,19). The van der Waals surface area contributed by atoms with Gasteiger partial charge >= 0.3 is 0 Å². The van der Waals surface area contributed by atoms with Crippen LogP contribution in [-0.4, -0.2) is 22.5 Å². The Labute approximate surface area is 122 Å². The van der Waals surface area contributed by atoms with Gasteiger partial charge in [0.15, 0.2) is 5.84 Å². The molecule has 1 fully saturated rings. The van der Waals surface area contributed by atoms with Gasteiger partial charge in [-0.05, 0) is 32.6 Å². The van der Waals surface area contributed by atoms with Crippen LogP contribution in [0.4, 0.5) is 0 Å². The Hall–Kier alpha value is -1.26. The van der Waals surface area contributed by atoms with E-state index < -0.39 is 5.41 Å². The number of carbonyl (C=O) groups is 1. The van der Waals surface area contributed by atoms with Crippen molar-refractivity contribution >= 4 is 11.7 Å². The first-order valence-corrected chi connectivity index (χ1v) is 7.74. The summed E-state index contributed by atoms with van der Waals surface area (Å²) in [5, 5.41) is 15.4. The lowest BCUT2D eigenvalue weighted by atomic mass is 9.77. The quantitative estimate of drug-likeness (QED) is 0.238. The molecule has 116 valence electrons. The largest absolute Gasteiger partial charge is 0.409 e. The lowest BCUT2D eigenvalue weighted by Gasteiger charge is -2.36. The van der Waals surface area contributed by atoms with E-state index in [1.807, 2.05) is 6.92 Å². The molecule has 0 unspecified atom stereocenters. The molecular formula is C15H29N3O2. The summed E-state index contributed by atoms with van der Waals surface area (Å²) in [6.07, 6.45) is 7.15. The molecule has 0 bridgehead atoms. The zero-order valence-corrected chi connectivity index (χ0v) is 13.0. The highest BCUT2D eigenvalue weighted by molar-refractivity contribution is 6.07. The number of nitrogens with two attached hydrogens (primary N) is 1. The summed E-state index contributed by atoms with van der Waals surface area (Å²) in [7, 11) is 0. The summed E-state index contributed by atoms with van der Waals surface area (Å²) >= 11 is 0. The van der Waals surface area contributed by atoms with Crippen molar-refractivity contribution in [2.24, 2.45) is 16.3 Å². The first kappa shape index (κ1) is 16.8. The Morgan fingerprint density at radius 1 is 1.25 bits per heavy atom. The molecule has 0 aromatic rings. The van der Waals surface area contributed by atoms with Crippen LogP contribution in [0.3, 0.4) is 0 Å². The lowest BCUT2D eigenvalue weighted by Crippen LogP contribution is -2.56. The van der Waals surface area contributed by atoms with Crippen LogP contribution in [0.15, 0.2) is 5.16 Å². The normalized spacial score (nSPS) is 20.2. The van der Waals surface area contributed by atoms with Gasteiger partial charge in [0.2, 0.25) is 5.91 Å². The topological polar surface area (TPSA) is 87.7 Å². The second-order valence-electron chi connectivity index (χ2n) is 6.20. The molecule has 0 aromatic heterocycles. The molecule has 1 aliphatic rings. The molecule has 0 spiro atoms. The highest BCUT2D eigenvalue weighted by atomic mass is 16.4. The van der Waals surface area contributed by atoms with E-state index in [1.165, 1.54) is 0 Å². The van der Waals surface area contributed by atoms with Gasteiger partial charge in [-0.15, -0.1) is 0 Å². The van der Waals surface area contributed by atoms with Gasteiger partial charge in [-0.25, -0.2) is 0 Å². The second kappa shape index (κ2) is 6.95. The smallest absolute Gasteiger partial charge is 0.234 e. The number of hydrogen-bond acceptors (Lipinski definition) is 3. The number of rotatable bonds is 5. The van der Waals surface area contributed by atoms with Crippen LogP contribution >= 0.6 is 0 Å². The molecule has 0 aliphatic heterocycles. The van der Waals surface area contributed by atoms with Crippen LogP contribution in [0.2, 0.25) is 0 Å². The maximum absolute atomic E-state index is 12.8. The monoisotopic (exact) mass is 283 g/mol. The third-order valence-electron chi connectivity index (χ3n) is 4.97. The molecule has 4 N–H and O–H groups in total. The number of amides is 1. The van der Waals surface area contributed by atoms with E-state index in [1.54, 1.807) is 0 Å². The lowest BCUT2D eigenvalue weighted by molar-refractivity contribution is -0.130. The first-order valence-electron chi connectivity index (χ1n) is 7.74. The summed E-state index contributed by atoms with van der Waals surface area (Å²) in [4.78, 5) is 12.8. The molecular weight excluding hydrogens is 254 g/mol. The Kier molecular flexibility index (Phi) is 5.84.